The molecule has 0 spiro atoms. The van der Waals surface area contributed by atoms with Crippen molar-refractivity contribution in [2.24, 2.45) is 0 Å². The standard InChI is InChI=1S/C21H18FN7O2S/c1-12(13-4-6-15(7-5-13)32(30,31)24-3)28-21-27-11-18(23-2)19(29-21)17-10-26-20-16(17)8-14(22)9-25-20/h4-12,24H,1,3H3,(H,25,26)(H,27,28,29)/t12-/m1/s1. The van der Waals surface area contributed by atoms with Gasteiger partial charge in [-0.3, -0.25) is 0 Å². The summed E-state index contributed by atoms with van der Waals surface area (Å²) in [6.07, 6.45) is 4.14. The highest BCUT2D eigenvalue weighted by Crippen LogP contribution is 2.34. The molecule has 3 aromatic heterocycles. The third kappa shape index (κ3) is 4.01. The molecule has 32 heavy (non-hydrogen) atoms. The molecular formula is C21H18FN7O2S. The number of halogens is 1. The Morgan fingerprint density at radius 1 is 1.19 bits per heavy atom. The molecule has 0 amide bonds. The Bertz CT molecular complexity index is 1440. The van der Waals surface area contributed by atoms with Crippen molar-refractivity contribution in [3.05, 3.63) is 71.7 Å². The Morgan fingerprint density at radius 3 is 2.62 bits per heavy atom. The molecule has 0 saturated carbocycles. The largest absolute Gasteiger partial charge is 0.348 e. The van der Waals surface area contributed by atoms with Crippen LogP contribution in [0, 0.1) is 12.4 Å². The zero-order chi connectivity index (χ0) is 22.9. The van der Waals surface area contributed by atoms with Crippen LogP contribution in [0.1, 0.15) is 18.5 Å². The summed E-state index contributed by atoms with van der Waals surface area (Å²) >= 11 is 0. The number of aromatic nitrogens is 4. The van der Waals surface area contributed by atoms with Crippen molar-refractivity contribution in [2.75, 3.05) is 12.4 Å². The summed E-state index contributed by atoms with van der Waals surface area (Å²) in [4.78, 5) is 19.3. The summed E-state index contributed by atoms with van der Waals surface area (Å²) in [6, 6.07) is 7.51. The highest BCUT2D eigenvalue weighted by atomic mass is 32.2. The molecule has 3 N–H and O–H groups in total. The number of sulfonamides is 1. The maximum absolute atomic E-state index is 13.7. The van der Waals surface area contributed by atoms with Crippen LogP contribution in [-0.2, 0) is 10.0 Å². The number of nitrogens with zero attached hydrogens (tertiary/aromatic N) is 4. The molecule has 0 aliphatic rings. The van der Waals surface area contributed by atoms with E-state index in [-0.39, 0.29) is 22.6 Å². The molecule has 4 rings (SSSR count). The molecule has 1 atom stereocenters. The average Bonchev–Trinajstić information content (AvgIpc) is 3.22. The molecule has 0 radical (unpaired) electrons. The molecule has 162 valence electrons. The van der Waals surface area contributed by atoms with Crippen molar-refractivity contribution in [1.29, 1.82) is 0 Å². The highest BCUT2D eigenvalue weighted by Gasteiger charge is 2.17. The summed E-state index contributed by atoms with van der Waals surface area (Å²) < 4.78 is 39.8. The number of nitrogens with one attached hydrogen (secondary N) is 3. The van der Waals surface area contributed by atoms with E-state index in [1.807, 2.05) is 6.92 Å². The van der Waals surface area contributed by atoms with Crippen molar-refractivity contribution in [2.45, 2.75) is 17.9 Å². The lowest BCUT2D eigenvalue weighted by Crippen LogP contribution is -2.18. The Kier molecular flexibility index (Phi) is 5.56. The van der Waals surface area contributed by atoms with Crippen LogP contribution in [0.25, 0.3) is 27.1 Å². The van der Waals surface area contributed by atoms with Crippen molar-refractivity contribution in [3.8, 4) is 11.3 Å². The van der Waals surface area contributed by atoms with Gasteiger partial charge in [0.2, 0.25) is 21.7 Å². The van der Waals surface area contributed by atoms with E-state index in [1.54, 1.807) is 18.3 Å². The second-order valence-corrected chi connectivity index (χ2v) is 8.82. The van der Waals surface area contributed by atoms with Crippen LogP contribution in [0.15, 0.2) is 53.8 Å². The maximum atomic E-state index is 13.7. The van der Waals surface area contributed by atoms with E-state index >= 15 is 0 Å². The lowest BCUT2D eigenvalue weighted by Gasteiger charge is -2.15. The van der Waals surface area contributed by atoms with Crippen LogP contribution >= 0.6 is 0 Å². The first kappa shape index (κ1) is 21.4. The van der Waals surface area contributed by atoms with E-state index < -0.39 is 15.8 Å². The van der Waals surface area contributed by atoms with Gasteiger partial charge in [0, 0.05) is 23.3 Å². The van der Waals surface area contributed by atoms with E-state index in [9.17, 15) is 12.8 Å². The smallest absolute Gasteiger partial charge is 0.240 e. The van der Waals surface area contributed by atoms with E-state index in [0.29, 0.717) is 22.3 Å². The molecule has 1 aromatic carbocycles. The van der Waals surface area contributed by atoms with Gasteiger partial charge in [0.05, 0.1) is 29.4 Å². The SMILES string of the molecule is [C-]#[N+]c1cnc(N[C@H](C)c2ccc(S(=O)(=O)NC)cc2)nc1-c1c[nH]c2ncc(F)cc12. The fourth-order valence-electron chi connectivity index (χ4n) is 3.23. The van der Waals surface area contributed by atoms with Crippen LogP contribution < -0.4 is 10.0 Å². The van der Waals surface area contributed by atoms with Crippen molar-refractivity contribution < 1.29 is 12.8 Å². The molecule has 0 fully saturated rings. The third-order valence-corrected chi connectivity index (χ3v) is 6.38. The van der Waals surface area contributed by atoms with Gasteiger partial charge in [0.25, 0.3) is 0 Å². The fraction of sp³-hybridized carbons (Fsp3) is 0.143. The van der Waals surface area contributed by atoms with Gasteiger partial charge >= 0.3 is 0 Å². The molecule has 0 aliphatic heterocycles. The van der Waals surface area contributed by atoms with Crippen molar-refractivity contribution >= 4 is 32.7 Å². The number of hydrogen-bond acceptors (Lipinski definition) is 6. The van der Waals surface area contributed by atoms with E-state index in [1.165, 1.54) is 31.4 Å². The van der Waals surface area contributed by atoms with Gasteiger partial charge in [0.1, 0.15) is 11.5 Å². The maximum Gasteiger partial charge on any atom is 0.240 e. The minimum Gasteiger partial charge on any atom is -0.348 e. The second-order valence-electron chi connectivity index (χ2n) is 6.93. The van der Waals surface area contributed by atoms with Gasteiger partial charge in [-0.05, 0) is 37.7 Å². The first-order chi connectivity index (χ1) is 15.3. The van der Waals surface area contributed by atoms with E-state index in [4.69, 9.17) is 6.57 Å². The molecule has 0 unspecified atom stereocenters. The number of rotatable bonds is 6. The predicted octanol–water partition coefficient (Wildman–Crippen LogP) is 3.79. The fourth-order valence-corrected chi connectivity index (χ4v) is 3.96. The van der Waals surface area contributed by atoms with Crippen molar-refractivity contribution in [1.82, 2.24) is 24.7 Å². The van der Waals surface area contributed by atoms with Crippen LogP contribution in [0.2, 0.25) is 0 Å². The first-order valence-corrected chi connectivity index (χ1v) is 11.0. The van der Waals surface area contributed by atoms with Gasteiger partial charge in [0.15, 0.2) is 0 Å². The summed E-state index contributed by atoms with van der Waals surface area (Å²) in [5.41, 5.74) is 2.40. The molecule has 11 heteroatoms. The molecular weight excluding hydrogens is 433 g/mol. The minimum absolute atomic E-state index is 0.163. The Morgan fingerprint density at radius 2 is 1.94 bits per heavy atom. The van der Waals surface area contributed by atoms with Gasteiger partial charge < -0.3 is 10.3 Å². The van der Waals surface area contributed by atoms with Crippen LogP contribution in [0.3, 0.4) is 0 Å². The monoisotopic (exact) mass is 451 g/mol. The average molecular weight is 451 g/mol. The van der Waals surface area contributed by atoms with Gasteiger partial charge in [-0.15, -0.1) is 0 Å². The summed E-state index contributed by atoms with van der Waals surface area (Å²) in [7, 11) is -2.16. The molecule has 3 heterocycles. The number of anilines is 1. The Hall–Kier alpha value is -3.88. The van der Waals surface area contributed by atoms with Crippen molar-refractivity contribution in [3.63, 3.8) is 0 Å². The third-order valence-electron chi connectivity index (χ3n) is 4.95. The Labute approximate surface area is 183 Å². The number of fused-ring (bicyclic) bond motifs is 1. The zero-order valence-corrected chi connectivity index (χ0v) is 17.9. The Balaban J connectivity index is 1.65. The number of H-pyrrole nitrogens is 1. The zero-order valence-electron chi connectivity index (χ0n) is 17.1. The minimum atomic E-state index is -3.52. The first-order valence-electron chi connectivity index (χ1n) is 9.50. The highest BCUT2D eigenvalue weighted by molar-refractivity contribution is 7.89. The normalized spacial score (nSPS) is 12.4. The summed E-state index contributed by atoms with van der Waals surface area (Å²) in [5.74, 6) is -0.224. The van der Waals surface area contributed by atoms with E-state index in [0.717, 1.165) is 11.8 Å². The molecule has 0 saturated heterocycles. The lowest BCUT2D eigenvalue weighted by molar-refractivity contribution is 0.588. The lowest BCUT2D eigenvalue weighted by atomic mass is 10.1. The quantitative estimate of drug-likeness (QED) is 0.384. The summed E-state index contributed by atoms with van der Waals surface area (Å²) in [6.45, 7) is 9.31. The molecule has 4 aromatic rings. The predicted molar refractivity (Wildman–Crippen MR) is 118 cm³/mol. The van der Waals surface area contributed by atoms with Gasteiger partial charge in [-0.2, -0.15) is 0 Å². The number of benzene rings is 1. The number of pyridine rings is 1. The van der Waals surface area contributed by atoms with Gasteiger partial charge in [-0.1, -0.05) is 12.1 Å². The number of aromatic amines is 1. The van der Waals surface area contributed by atoms with Crippen LogP contribution in [0.5, 0.6) is 0 Å². The van der Waals surface area contributed by atoms with Crippen LogP contribution in [-0.4, -0.2) is 35.4 Å². The number of hydrogen-bond donors (Lipinski definition) is 3. The second kappa shape index (κ2) is 8.33. The van der Waals surface area contributed by atoms with Crippen LogP contribution in [0.4, 0.5) is 16.0 Å². The molecule has 0 bridgehead atoms. The molecule has 0 aliphatic carbocycles. The van der Waals surface area contributed by atoms with E-state index in [2.05, 4.69) is 34.8 Å². The topological polar surface area (TPSA) is 117 Å². The molecule has 9 nitrogen and oxygen atoms in total. The summed E-state index contributed by atoms with van der Waals surface area (Å²) in [5, 5.41) is 3.66. The van der Waals surface area contributed by atoms with Gasteiger partial charge in [-0.25, -0.2) is 37.3 Å².